The van der Waals surface area contributed by atoms with E-state index in [0.717, 1.165) is 6.42 Å². The molecular formula is C13H27F3IN3. The van der Waals surface area contributed by atoms with Gasteiger partial charge >= 0.3 is 6.18 Å². The molecule has 0 saturated heterocycles. The lowest BCUT2D eigenvalue weighted by molar-refractivity contribution is -0.132. The van der Waals surface area contributed by atoms with E-state index in [0.29, 0.717) is 18.4 Å². The summed E-state index contributed by atoms with van der Waals surface area (Å²) in [6.45, 7) is 9.08. The molecule has 0 radical (unpaired) electrons. The van der Waals surface area contributed by atoms with Crippen LogP contribution in [0.15, 0.2) is 4.99 Å². The molecule has 0 aromatic rings. The van der Waals surface area contributed by atoms with Gasteiger partial charge in [-0.25, -0.2) is 0 Å². The largest absolute Gasteiger partial charge is 0.390 e. The standard InChI is InChI=1S/C13H26F3N3.HI/c1-10(2)8-12(3,4)9-19-11(17-5)18-7-6-13(14,15)16;/h10H,6-9H2,1-5H3,(H2,17,18,19);1H. The Morgan fingerprint density at radius 2 is 1.70 bits per heavy atom. The van der Waals surface area contributed by atoms with Crippen LogP contribution >= 0.6 is 24.0 Å². The molecule has 0 amide bonds. The number of aliphatic imine (C=N–C) groups is 1. The lowest BCUT2D eigenvalue weighted by Crippen LogP contribution is -2.43. The molecule has 7 heteroatoms. The van der Waals surface area contributed by atoms with E-state index in [1.54, 1.807) is 7.05 Å². The number of hydrogen-bond acceptors (Lipinski definition) is 1. The molecule has 0 aliphatic rings. The molecule has 0 aliphatic heterocycles. The lowest BCUT2D eigenvalue weighted by Gasteiger charge is -2.28. The number of hydrogen-bond donors (Lipinski definition) is 2. The normalized spacial score (nSPS) is 13.2. The summed E-state index contributed by atoms with van der Waals surface area (Å²) in [5, 5.41) is 5.74. The zero-order valence-corrected chi connectivity index (χ0v) is 15.2. The molecule has 0 aromatic heterocycles. The maximum Gasteiger partial charge on any atom is 0.390 e. The van der Waals surface area contributed by atoms with Crippen LogP contribution in [0.25, 0.3) is 0 Å². The molecule has 0 spiro atoms. The van der Waals surface area contributed by atoms with Gasteiger partial charge in [0.25, 0.3) is 0 Å². The van der Waals surface area contributed by atoms with Crippen LogP contribution in [-0.2, 0) is 0 Å². The van der Waals surface area contributed by atoms with E-state index in [1.165, 1.54) is 0 Å². The van der Waals surface area contributed by atoms with Crippen LogP contribution in [0, 0.1) is 11.3 Å². The van der Waals surface area contributed by atoms with E-state index in [1.807, 2.05) is 0 Å². The zero-order chi connectivity index (χ0) is 15.1. The third-order valence-electron chi connectivity index (χ3n) is 2.62. The first kappa shape index (κ1) is 22.1. The van der Waals surface area contributed by atoms with E-state index in [4.69, 9.17) is 0 Å². The average molecular weight is 409 g/mol. The Hall–Kier alpha value is -0.210. The van der Waals surface area contributed by atoms with Crippen molar-refractivity contribution in [2.75, 3.05) is 20.1 Å². The molecule has 0 fully saturated rings. The Morgan fingerprint density at radius 3 is 2.10 bits per heavy atom. The number of halogens is 4. The minimum Gasteiger partial charge on any atom is -0.356 e. The Kier molecular flexibility index (Phi) is 10.7. The van der Waals surface area contributed by atoms with Crippen molar-refractivity contribution in [2.24, 2.45) is 16.3 Å². The van der Waals surface area contributed by atoms with Crippen molar-refractivity contribution in [3.8, 4) is 0 Å². The van der Waals surface area contributed by atoms with Gasteiger partial charge in [0.05, 0.1) is 6.42 Å². The molecule has 2 N–H and O–H groups in total. The van der Waals surface area contributed by atoms with Crippen LogP contribution in [-0.4, -0.2) is 32.3 Å². The highest BCUT2D eigenvalue weighted by Gasteiger charge is 2.26. The molecule has 0 aromatic carbocycles. The summed E-state index contributed by atoms with van der Waals surface area (Å²) in [5.74, 6) is 0.998. The van der Waals surface area contributed by atoms with Gasteiger partial charge in [-0.2, -0.15) is 13.2 Å². The smallest absolute Gasteiger partial charge is 0.356 e. The topological polar surface area (TPSA) is 36.4 Å². The van der Waals surface area contributed by atoms with Gasteiger partial charge in [0.15, 0.2) is 5.96 Å². The first-order valence-electron chi connectivity index (χ1n) is 6.57. The minimum atomic E-state index is -4.14. The van der Waals surface area contributed by atoms with Crippen molar-refractivity contribution in [3.63, 3.8) is 0 Å². The molecule has 0 heterocycles. The molecular weight excluding hydrogens is 382 g/mol. The quantitative estimate of drug-likeness (QED) is 0.398. The van der Waals surface area contributed by atoms with Crippen molar-refractivity contribution in [1.82, 2.24) is 10.6 Å². The first-order valence-corrected chi connectivity index (χ1v) is 6.57. The van der Waals surface area contributed by atoms with Gasteiger partial charge in [-0.1, -0.05) is 27.7 Å². The summed E-state index contributed by atoms with van der Waals surface area (Å²) in [7, 11) is 1.55. The summed E-state index contributed by atoms with van der Waals surface area (Å²) < 4.78 is 36.1. The van der Waals surface area contributed by atoms with Crippen molar-refractivity contribution < 1.29 is 13.2 Å². The molecule has 3 nitrogen and oxygen atoms in total. The van der Waals surface area contributed by atoms with Crippen LogP contribution in [0.1, 0.15) is 40.5 Å². The molecule has 0 bridgehead atoms. The Bertz CT molecular complexity index is 289. The highest BCUT2D eigenvalue weighted by molar-refractivity contribution is 14.0. The van der Waals surface area contributed by atoms with Crippen LogP contribution in [0.4, 0.5) is 13.2 Å². The summed E-state index contributed by atoms with van der Waals surface area (Å²) in [5.41, 5.74) is 0.0792. The van der Waals surface area contributed by atoms with Gasteiger partial charge < -0.3 is 10.6 Å². The van der Waals surface area contributed by atoms with Crippen molar-refractivity contribution in [2.45, 2.75) is 46.7 Å². The summed E-state index contributed by atoms with van der Waals surface area (Å²) in [6.07, 6.45) is -3.95. The number of nitrogens with one attached hydrogen (secondary N) is 2. The number of alkyl halides is 3. The second kappa shape index (κ2) is 9.68. The highest BCUT2D eigenvalue weighted by atomic mass is 127. The van der Waals surface area contributed by atoms with E-state index in [-0.39, 0.29) is 35.9 Å². The Labute approximate surface area is 137 Å². The summed E-state index contributed by atoms with van der Waals surface area (Å²) in [4.78, 5) is 3.92. The van der Waals surface area contributed by atoms with E-state index < -0.39 is 12.6 Å². The summed E-state index contributed by atoms with van der Waals surface area (Å²) in [6, 6.07) is 0. The van der Waals surface area contributed by atoms with Gasteiger partial charge in [0.2, 0.25) is 0 Å². The highest BCUT2D eigenvalue weighted by Crippen LogP contribution is 2.24. The predicted molar refractivity (Wildman–Crippen MR) is 88.7 cm³/mol. The fourth-order valence-corrected chi connectivity index (χ4v) is 2.04. The molecule has 122 valence electrons. The maximum atomic E-state index is 12.0. The predicted octanol–water partition coefficient (Wildman–Crippen LogP) is 3.79. The maximum absolute atomic E-state index is 12.0. The Morgan fingerprint density at radius 1 is 1.15 bits per heavy atom. The third-order valence-corrected chi connectivity index (χ3v) is 2.62. The monoisotopic (exact) mass is 409 g/mol. The van der Waals surface area contributed by atoms with Crippen LogP contribution in [0.3, 0.4) is 0 Å². The second-order valence-electron chi connectivity index (χ2n) is 5.98. The van der Waals surface area contributed by atoms with Gasteiger partial charge in [-0.3, -0.25) is 4.99 Å². The van der Waals surface area contributed by atoms with Gasteiger partial charge in [0.1, 0.15) is 0 Å². The molecule has 0 atom stereocenters. The zero-order valence-electron chi connectivity index (χ0n) is 12.9. The summed E-state index contributed by atoms with van der Waals surface area (Å²) >= 11 is 0. The average Bonchev–Trinajstić information content (AvgIpc) is 2.19. The SMILES string of the molecule is CN=C(NCCC(F)(F)F)NCC(C)(C)CC(C)C.I. The molecule has 0 unspecified atom stereocenters. The molecule has 20 heavy (non-hydrogen) atoms. The number of nitrogens with zero attached hydrogens (tertiary/aromatic N) is 1. The van der Waals surface area contributed by atoms with E-state index >= 15 is 0 Å². The van der Waals surface area contributed by atoms with Crippen LogP contribution in [0.2, 0.25) is 0 Å². The van der Waals surface area contributed by atoms with Crippen molar-refractivity contribution >= 4 is 29.9 Å². The molecule has 0 rings (SSSR count). The molecule has 0 saturated carbocycles. The van der Waals surface area contributed by atoms with Gasteiger partial charge in [-0.15, -0.1) is 24.0 Å². The first-order chi connectivity index (χ1) is 8.56. The minimum absolute atomic E-state index is 0. The van der Waals surface area contributed by atoms with Gasteiger partial charge in [-0.05, 0) is 17.8 Å². The van der Waals surface area contributed by atoms with Gasteiger partial charge in [0, 0.05) is 20.1 Å². The third kappa shape index (κ3) is 12.8. The number of rotatable bonds is 6. The fourth-order valence-electron chi connectivity index (χ4n) is 2.04. The Balaban J connectivity index is 0. The molecule has 0 aliphatic carbocycles. The second-order valence-corrected chi connectivity index (χ2v) is 5.98. The number of guanidine groups is 1. The van der Waals surface area contributed by atoms with Crippen molar-refractivity contribution in [3.05, 3.63) is 0 Å². The van der Waals surface area contributed by atoms with Crippen molar-refractivity contribution in [1.29, 1.82) is 0 Å². The van der Waals surface area contributed by atoms with E-state index in [9.17, 15) is 13.2 Å². The van der Waals surface area contributed by atoms with Crippen LogP contribution < -0.4 is 10.6 Å². The fraction of sp³-hybridized carbons (Fsp3) is 0.923. The lowest BCUT2D eigenvalue weighted by atomic mass is 9.84. The van der Waals surface area contributed by atoms with Crippen LogP contribution in [0.5, 0.6) is 0 Å². The van der Waals surface area contributed by atoms with E-state index in [2.05, 4.69) is 43.3 Å².